The number of halogens is 5. The molecule has 3 aliphatic carbocycles. The molecule has 76 valence electrons. The van der Waals surface area contributed by atoms with Gasteiger partial charge in [-0.15, -0.1) is 0 Å². The molecule has 3 aliphatic rings. The van der Waals surface area contributed by atoms with Gasteiger partial charge in [0, 0.05) is 5.41 Å². The summed E-state index contributed by atoms with van der Waals surface area (Å²) in [5.41, 5.74) is -1.32. The maximum atomic E-state index is 12.8. The van der Waals surface area contributed by atoms with Gasteiger partial charge in [-0.25, -0.2) is 8.78 Å². The molecule has 0 aromatic rings. The largest absolute Gasteiger partial charge is 1.00 e. The van der Waals surface area contributed by atoms with Crippen molar-refractivity contribution in [3.8, 4) is 0 Å². The average molecular weight is 238 g/mol. The molecule has 0 unspecified atom stereocenters. The molecule has 0 nitrogen and oxygen atoms in total. The molecule has 2 bridgehead atoms. The molecule has 14 heavy (non-hydrogen) atoms. The van der Waals surface area contributed by atoms with Crippen molar-refractivity contribution < 1.29 is 73.1 Å². The Morgan fingerprint density at radius 2 is 1.43 bits per heavy atom. The van der Waals surface area contributed by atoms with E-state index in [1.165, 1.54) is 0 Å². The van der Waals surface area contributed by atoms with Crippen molar-refractivity contribution in [1.82, 2.24) is 0 Å². The first-order chi connectivity index (χ1) is 5.62. The second-order valence-electron chi connectivity index (χ2n) is 4.64. The normalized spacial score (nSPS) is 40.7. The van der Waals surface area contributed by atoms with Crippen LogP contribution in [0.1, 0.15) is 26.2 Å². The fraction of sp³-hybridized carbons (Fsp3) is 1.00. The summed E-state index contributed by atoms with van der Waals surface area (Å²) in [4.78, 5) is 0. The Hall–Kier alpha value is 1.35. The molecule has 3 saturated carbocycles. The Morgan fingerprint density at radius 1 is 1.07 bits per heavy atom. The predicted molar refractivity (Wildman–Crippen MR) is 38.7 cm³/mol. The first-order valence-corrected chi connectivity index (χ1v) is 4.19. The molecule has 0 heterocycles. The van der Waals surface area contributed by atoms with Gasteiger partial charge in [0.1, 0.15) is 0 Å². The third-order valence-corrected chi connectivity index (χ3v) is 3.70. The molecule has 3 rings (SSSR count). The van der Waals surface area contributed by atoms with Crippen LogP contribution in [0.25, 0.3) is 0 Å². The van der Waals surface area contributed by atoms with Crippen molar-refractivity contribution in [3.05, 3.63) is 0 Å². The minimum Gasteiger partial charge on any atom is -0.449 e. The molecule has 7 heteroatoms. The predicted octanol–water partition coefficient (Wildman–Crippen LogP) is 0.417. The van der Waals surface area contributed by atoms with Crippen molar-refractivity contribution in [3.63, 3.8) is 0 Å². The molecule has 0 amide bonds. The SMILES string of the molecule is CC(F)(F)C12CC([B-](F)(F)F)(C1)C2.[K+]. The summed E-state index contributed by atoms with van der Waals surface area (Å²) >= 11 is 0. The van der Waals surface area contributed by atoms with Gasteiger partial charge in [-0.1, -0.05) is 24.6 Å². The van der Waals surface area contributed by atoms with Crippen molar-refractivity contribution in [2.75, 3.05) is 0 Å². The van der Waals surface area contributed by atoms with Crippen LogP contribution in [0, 0.1) is 5.41 Å². The van der Waals surface area contributed by atoms with E-state index >= 15 is 0 Å². The minimum atomic E-state index is -4.92. The van der Waals surface area contributed by atoms with Gasteiger partial charge in [0.15, 0.2) is 0 Å². The third kappa shape index (κ3) is 1.46. The van der Waals surface area contributed by atoms with Gasteiger partial charge in [-0.2, -0.15) is 0 Å². The van der Waals surface area contributed by atoms with Crippen LogP contribution in [0.2, 0.25) is 5.31 Å². The molecule has 0 saturated heterocycles. The summed E-state index contributed by atoms with van der Waals surface area (Å²) in [5, 5.41) is -1.70. The molecular formula is C7H9BF5K. The van der Waals surface area contributed by atoms with Gasteiger partial charge in [0.25, 0.3) is 5.92 Å². The standard InChI is InChI=1S/C7H9BF5.K/c1-5(9,10)6-2-7(3-6,4-6)8(11,12)13;/h2-4H2,1H3;/q-1;+1. The second-order valence-corrected chi connectivity index (χ2v) is 4.64. The molecule has 0 aromatic heterocycles. The smallest absolute Gasteiger partial charge is 0.449 e. The van der Waals surface area contributed by atoms with Gasteiger partial charge in [0.2, 0.25) is 0 Å². The summed E-state index contributed by atoms with van der Waals surface area (Å²) in [7, 11) is 0. The zero-order chi connectivity index (χ0) is 10.1. The van der Waals surface area contributed by atoms with E-state index in [-0.39, 0.29) is 70.6 Å². The van der Waals surface area contributed by atoms with E-state index < -0.39 is 23.6 Å². The molecular weight excluding hydrogens is 229 g/mol. The molecule has 0 atom stereocenters. The Labute approximate surface area is 121 Å². The quantitative estimate of drug-likeness (QED) is 0.483. The van der Waals surface area contributed by atoms with E-state index in [1.807, 2.05) is 0 Å². The Morgan fingerprint density at radius 3 is 1.64 bits per heavy atom. The second kappa shape index (κ2) is 3.18. The van der Waals surface area contributed by atoms with Crippen LogP contribution in [0.3, 0.4) is 0 Å². The fourth-order valence-electron chi connectivity index (χ4n) is 2.68. The van der Waals surface area contributed by atoms with Gasteiger partial charge in [0.05, 0.1) is 0 Å². The minimum absolute atomic E-state index is 0. The van der Waals surface area contributed by atoms with Crippen LogP contribution in [-0.4, -0.2) is 12.9 Å². The third-order valence-electron chi connectivity index (χ3n) is 3.70. The maximum Gasteiger partial charge on any atom is 1.00 e. The van der Waals surface area contributed by atoms with Gasteiger partial charge in [-0.3, -0.25) is 0 Å². The summed E-state index contributed by atoms with van der Waals surface area (Å²) in [6.07, 6.45) is -1.06. The van der Waals surface area contributed by atoms with Crippen LogP contribution in [0.4, 0.5) is 21.7 Å². The Kier molecular flexibility index (Phi) is 3.05. The first-order valence-electron chi connectivity index (χ1n) is 4.19. The zero-order valence-electron chi connectivity index (χ0n) is 8.09. The van der Waals surface area contributed by atoms with E-state index in [1.54, 1.807) is 0 Å². The molecule has 0 N–H and O–H groups in total. The molecule has 0 spiro atoms. The van der Waals surface area contributed by atoms with Crippen LogP contribution in [0.5, 0.6) is 0 Å². The zero-order valence-corrected chi connectivity index (χ0v) is 11.2. The van der Waals surface area contributed by atoms with Crippen molar-refractivity contribution in [2.45, 2.75) is 37.4 Å². The number of alkyl halides is 2. The van der Waals surface area contributed by atoms with Crippen molar-refractivity contribution in [2.24, 2.45) is 5.41 Å². The van der Waals surface area contributed by atoms with Gasteiger partial charge in [-0.05, 0) is 6.92 Å². The number of hydrogen-bond donors (Lipinski definition) is 0. The summed E-state index contributed by atoms with van der Waals surface area (Å²) < 4.78 is 62.5. The monoisotopic (exact) mass is 238 g/mol. The van der Waals surface area contributed by atoms with Crippen LogP contribution in [-0.2, 0) is 0 Å². The van der Waals surface area contributed by atoms with Crippen molar-refractivity contribution in [1.29, 1.82) is 0 Å². The Balaban J connectivity index is 0.000000980. The van der Waals surface area contributed by atoms with E-state index in [4.69, 9.17) is 0 Å². The summed E-state index contributed by atoms with van der Waals surface area (Å²) in [6.45, 7) is -4.20. The summed E-state index contributed by atoms with van der Waals surface area (Å²) in [5.74, 6) is -2.95. The maximum absolute atomic E-state index is 12.8. The summed E-state index contributed by atoms with van der Waals surface area (Å²) in [6, 6.07) is 0. The van der Waals surface area contributed by atoms with Crippen molar-refractivity contribution >= 4 is 6.98 Å². The molecule has 0 aliphatic heterocycles. The van der Waals surface area contributed by atoms with Crippen LogP contribution < -0.4 is 51.4 Å². The van der Waals surface area contributed by atoms with Gasteiger partial charge < -0.3 is 12.9 Å². The fourth-order valence-corrected chi connectivity index (χ4v) is 2.68. The van der Waals surface area contributed by atoms with Crippen LogP contribution in [0.15, 0.2) is 0 Å². The number of hydrogen-bond acceptors (Lipinski definition) is 0. The van der Waals surface area contributed by atoms with E-state index in [2.05, 4.69) is 0 Å². The molecule has 0 aromatic carbocycles. The topological polar surface area (TPSA) is 0 Å². The molecule has 3 fully saturated rings. The number of rotatable bonds is 2. The van der Waals surface area contributed by atoms with E-state index in [0.717, 1.165) is 6.92 Å². The van der Waals surface area contributed by atoms with E-state index in [0.29, 0.717) is 0 Å². The first kappa shape index (κ1) is 13.4. The average Bonchev–Trinajstić information content (AvgIpc) is 1.41. The van der Waals surface area contributed by atoms with Gasteiger partial charge >= 0.3 is 58.4 Å². The van der Waals surface area contributed by atoms with Crippen LogP contribution >= 0.6 is 0 Å². The Bertz CT molecular complexity index is 212. The van der Waals surface area contributed by atoms with E-state index in [9.17, 15) is 21.7 Å². The molecule has 0 radical (unpaired) electrons.